The predicted octanol–water partition coefficient (Wildman–Crippen LogP) is 1.99. The van der Waals surface area contributed by atoms with Crippen LogP contribution in [-0.2, 0) is 6.54 Å². The number of aliphatic hydroxyl groups is 1. The summed E-state index contributed by atoms with van der Waals surface area (Å²) in [4.78, 5) is 0. The lowest BCUT2D eigenvalue weighted by Crippen LogP contribution is -2.05. The highest BCUT2D eigenvalue weighted by atomic mass is 19.3. The van der Waals surface area contributed by atoms with Crippen molar-refractivity contribution in [3.63, 3.8) is 0 Å². The monoisotopic (exact) mass is 299 g/mol. The number of aromatic nitrogens is 3. The quantitative estimate of drug-likeness (QED) is 0.883. The standard InChI is InChI=1S/C13H15F2N3O3/c1-8(19)10-7-18(17-16-10)6-9-3-4-11(21-13(14)15)12(5-9)20-2/h3-5,7-8,13,19H,6H2,1-2H3. The molecule has 0 aliphatic heterocycles. The van der Waals surface area contributed by atoms with Crippen LogP contribution in [0.5, 0.6) is 11.5 Å². The van der Waals surface area contributed by atoms with Gasteiger partial charge in [0.15, 0.2) is 11.5 Å². The molecule has 2 rings (SSSR count). The van der Waals surface area contributed by atoms with Gasteiger partial charge in [-0.2, -0.15) is 8.78 Å². The molecule has 1 unspecified atom stereocenters. The molecule has 0 saturated heterocycles. The maximum absolute atomic E-state index is 12.2. The summed E-state index contributed by atoms with van der Waals surface area (Å²) in [5.74, 6) is 0.183. The van der Waals surface area contributed by atoms with Crippen LogP contribution in [0.1, 0.15) is 24.3 Å². The van der Waals surface area contributed by atoms with Gasteiger partial charge in [-0.05, 0) is 24.6 Å². The molecule has 0 fully saturated rings. The smallest absolute Gasteiger partial charge is 0.387 e. The molecule has 6 nitrogen and oxygen atoms in total. The highest BCUT2D eigenvalue weighted by Crippen LogP contribution is 2.29. The number of alkyl halides is 2. The zero-order chi connectivity index (χ0) is 15.4. The molecule has 1 heterocycles. The van der Waals surface area contributed by atoms with Crippen LogP contribution in [0.15, 0.2) is 24.4 Å². The second kappa shape index (κ2) is 6.49. The van der Waals surface area contributed by atoms with Gasteiger partial charge in [-0.3, -0.25) is 0 Å². The summed E-state index contributed by atoms with van der Waals surface area (Å²) in [6.45, 7) is -0.951. The second-order valence-electron chi connectivity index (χ2n) is 4.38. The summed E-state index contributed by atoms with van der Waals surface area (Å²) in [6, 6.07) is 4.62. The van der Waals surface area contributed by atoms with E-state index in [0.29, 0.717) is 12.2 Å². The number of benzene rings is 1. The average molecular weight is 299 g/mol. The first-order valence-corrected chi connectivity index (χ1v) is 6.19. The third-order valence-corrected chi connectivity index (χ3v) is 2.77. The van der Waals surface area contributed by atoms with Crippen molar-refractivity contribution in [2.45, 2.75) is 26.2 Å². The predicted molar refractivity (Wildman–Crippen MR) is 69.4 cm³/mol. The van der Waals surface area contributed by atoms with Crippen molar-refractivity contribution < 1.29 is 23.4 Å². The lowest BCUT2D eigenvalue weighted by Gasteiger charge is -2.11. The molecule has 0 saturated carbocycles. The number of hydrogen-bond donors (Lipinski definition) is 1. The van der Waals surface area contributed by atoms with Crippen molar-refractivity contribution in [2.24, 2.45) is 0 Å². The number of nitrogens with zero attached hydrogens (tertiary/aromatic N) is 3. The van der Waals surface area contributed by atoms with Gasteiger partial charge in [0, 0.05) is 0 Å². The minimum absolute atomic E-state index is 0.0282. The van der Waals surface area contributed by atoms with Gasteiger partial charge in [-0.25, -0.2) is 4.68 Å². The van der Waals surface area contributed by atoms with E-state index in [9.17, 15) is 13.9 Å². The molecule has 0 aliphatic rings. The van der Waals surface area contributed by atoms with Crippen molar-refractivity contribution in [1.82, 2.24) is 15.0 Å². The Bertz CT molecular complexity index is 602. The van der Waals surface area contributed by atoms with Gasteiger partial charge >= 0.3 is 6.61 Å². The van der Waals surface area contributed by atoms with E-state index < -0.39 is 12.7 Å². The van der Waals surface area contributed by atoms with Crippen LogP contribution < -0.4 is 9.47 Å². The Morgan fingerprint density at radius 2 is 2.10 bits per heavy atom. The van der Waals surface area contributed by atoms with Crippen molar-refractivity contribution in [3.05, 3.63) is 35.7 Å². The van der Waals surface area contributed by atoms with E-state index in [-0.39, 0.29) is 11.5 Å². The second-order valence-corrected chi connectivity index (χ2v) is 4.38. The number of aliphatic hydroxyl groups excluding tert-OH is 1. The Morgan fingerprint density at radius 1 is 1.33 bits per heavy atom. The third-order valence-electron chi connectivity index (χ3n) is 2.77. The summed E-state index contributed by atoms with van der Waals surface area (Å²) in [7, 11) is 1.37. The van der Waals surface area contributed by atoms with Crippen molar-refractivity contribution in [2.75, 3.05) is 7.11 Å². The van der Waals surface area contributed by atoms with Crippen LogP contribution in [0.2, 0.25) is 0 Å². The molecular formula is C13H15F2N3O3. The molecule has 1 atom stereocenters. The van der Waals surface area contributed by atoms with E-state index >= 15 is 0 Å². The van der Waals surface area contributed by atoms with Gasteiger partial charge in [0.05, 0.1) is 26.0 Å². The van der Waals surface area contributed by atoms with Crippen molar-refractivity contribution in [1.29, 1.82) is 0 Å². The summed E-state index contributed by atoms with van der Waals surface area (Å²) in [5.41, 5.74) is 1.23. The molecule has 21 heavy (non-hydrogen) atoms. The Labute approximate surface area is 119 Å². The molecular weight excluding hydrogens is 284 g/mol. The van der Waals surface area contributed by atoms with E-state index in [2.05, 4.69) is 15.0 Å². The van der Waals surface area contributed by atoms with E-state index in [4.69, 9.17) is 4.74 Å². The van der Waals surface area contributed by atoms with E-state index in [0.717, 1.165) is 5.56 Å². The molecule has 0 amide bonds. The number of halogens is 2. The first kappa shape index (κ1) is 15.2. The van der Waals surface area contributed by atoms with Crippen LogP contribution in [0, 0.1) is 0 Å². The fraction of sp³-hybridized carbons (Fsp3) is 0.385. The average Bonchev–Trinajstić information content (AvgIpc) is 2.88. The van der Waals surface area contributed by atoms with Gasteiger partial charge in [0.1, 0.15) is 5.69 Å². The molecule has 8 heteroatoms. The zero-order valence-corrected chi connectivity index (χ0v) is 11.5. The molecule has 0 radical (unpaired) electrons. The molecule has 1 aromatic carbocycles. The molecule has 1 aromatic heterocycles. The van der Waals surface area contributed by atoms with Gasteiger partial charge in [0.25, 0.3) is 0 Å². The molecule has 0 bridgehead atoms. The molecule has 1 N–H and O–H groups in total. The molecule has 0 aliphatic carbocycles. The summed E-state index contributed by atoms with van der Waals surface area (Å²) >= 11 is 0. The first-order valence-electron chi connectivity index (χ1n) is 6.19. The Kier molecular flexibility index (Phi) is 4.69. The highest BCUT2D eigenvalue weighted by molar-refractivity contribution is 5.43. The summed E-state index contributed by atoms with van der Waals surface area (Å²) < 4.78 is 35.4. The molecule has 114 valence electrons. The first-order chi connectivity index (χ1) is 9.99. The lowest BCUT2D eigenvalue weighted by atomic mass is 10.2. The SMILES string of the molecule is COc1cc(Cn2cc(C(C)O)nn2)ccc1OC(F)F. The number of ether oxygens (including phenoxy) is 2. The lowest BCUT2D eigenvalue weighted by molar-refractivity contribution is -0.0512. The number of methoxy groups -OCH3 is 1. The van der Waals surface area contributed by atoms with E-state index in [1.807, 2.05) is 0 Å². The fourth-order valence-corrected chi connectivity index (χ4v) is 1.77. The summed E-state index contributed by atoms with van der Waals surface area (Å²) in [5, 5.41) is 17.1. The third kappa shape index (κ3) is 3.88. The van der Waals surface area contributed by atoms with Gasteiger partial charge in [-0.1, -0.05) is 11.3 Å². The maximum Gasteiger partial charge on any atom is 0.387 e. The largest absolute Gasteiger partial charge is 0.493 e. The van der Waals surface area contributed by atoms with E-state index in [1.165, 1.54) is 17.9 Å². The zero-order valence-electron chi connectivity index (χ0n) is 11.5. The van der Waals surface area contributed by atoms with Crippen LogP contribution in [-0.4, -0.2) is 33.8 Å². The van der Waals surface area contributed by atoms with Crippen LogP contribution >= 0.6 is 0 Å². The minimum atomic E-state index is -2.91. The Balaban J connectivity index is 2.16. The normalized spacial score (nSPS) is 12.5. The van der Waals surface area contributed by atoms with Gasteiger partial charge in [-0.15, -0.1) is 5.10 Å². The van der Waals surface area contributed by atoms with Crippen LogP contribution in [0.3, 0.4) is 0 Å². The number of hydrogen-bond acceptors (Lipinski definition) is 5. The van der Waals surface area contributed by atoms with Crippen LogP contribution in [0.25, 0.3) is 0 Å². The maximum atomic E-state index is 12.2. The van der Waals surface area contributed by atoms with Crippen LogP contribution in [0.4, 0.5) is 8.78 Å². The fourth-order valence-electron chi connectivity index (χ4n) is 1.77. The number of rotatable bonds is 6. The Morgan fingerprint density at radius 3 is 2.67 bits per heavy atom. The topological polar surface area (TPSA) is 69.4 Å². The highest BCUT2D eigenvalue weighted by Gasteiger charge is 2.12. The molecule has 0 spiro atoms. The van der Waals surface area contributed by atoms with Crippen molar-refractivity contribution >= 4 is 0 Å². The van der Waals surface area contributed by atoms with Gasteiger partial charge in [0.2, 0.25) is 0 Å². The van der Waals surface area contributed by atoms with Crippen molar-refractivity contribution in [3.8, 4) is 11.5 Å². The Hall–Kier alpha value is -2.22. The summed E-state index contributed by atoms with van der Waals surface area (Å²) in [6.07, 6.45) is 0.913. The molecule has 2 aromatic rings. The van der Waals surface area contributed by atoms with E-state index in [1.54, 1.807) is 25.3 Å². The van der Waals surface area contributed by atoms with Gasteiger partial charge < -0.3 is 14.6 Å². The minimum Gasteiger partial charge on any atom is -0.493 e.